The van der Waals surface area contributed by atoms with Gasteiger partial charge in [-0.15, -0.1) is 0 Å². The average molecular weight is 239 g/mol. The second-order valence-electron chi connectivity index (χ2n) is 3.34. The van der Waals surface area contributed by atoms with Crippen molar-refractivity contribution in [1.82, 2.24) is 0 Å². The van der Waals surface area contributed by atoms with Crippen LogP contribution in [0.25, 0.3) is 0 Å². The van der Waals surface area contributed by atoms with Gasteiger partial charge in [-0.2, -0.15) is 0 Å². The van der Waals surface area contributed by atoms with Crippen molar-refractivity contribution in [3.8, 4) is 0 Å². The first-order valence-electron chi connectivity index (χ1n) is 4.60. The van der Waals surface area contributed by atoms with Crippen molar-refractivity contribution < 1.29 is 24.7 Å². The van der Waals surface area contributed by atoms with Gasteiger partial charge in [0, 0.05) is 12.1 Å². The van der Waals surface area contributed by atoms with Crippen molar-refractivity contribution in [1.29, 1.82) is 0 Å². The molecule has 0 saturated heterocycles. The molecule has 7 heteroatoms. The van der Waals surface area contributed by atoms with E-state index in [1.807, 2.05) is 0 Å². The highest BCUT2D eigenvalue weighted by Gasteiger charge is 2.23. The third kappa shape index (κ3) is 3.26. The molecule has 0 aliphatic carbocycles. The molecule has 1 unspecified atom stereocenters. The molecule has 0 fully saturated rings. The number of aliphatic carboxylic acids is 2. The smallest absolute Gasteiger partial charge is 0.311 e. The Morgan fingerprint density at radius 2 is 1.76 bits per heavy atom. The van der Waals surface area contributed by atoms with Gasteiger partial charge in [-0.25, -0.2) is 0 Å². The summed E-state index contributed by atoms with van der Waals surface area (Å²) in [5.74, 6) is -3.72. The second kappa shape index (κ2) is 5.06. The van der Waals surface area contributed by atoms with E-state index >= 15 is 0 Å². The van der Waals surface area contributed by atoms with Crippen molar-refractivity contribution in [2.24, 2.45) is 0 Å². The van der Waals surface area contributed by atoms with Crippen molar-refractivity contribution in [2.75, 3.05) is 0 Å². The molecular weight excluding hydrogens is 230 g/mol. The lowest BCUT2D eigenvalue weighted by molar-refractivity contribution is -0.384. The zero-order valence-electron chi connectivity index (χ0n) is 8.57. The highest BCUT2D eigenvalue weighted by Crippen LogP contribution is 2.22. The standard InChI is InChI=1S/C10H9NO6/c12-9(13)5-8(10(14)15)6-1-3-7(4-2-6)11(16)17/h1-4,8H,5H2,(H,12,13)(H,14,15). The third-order valence-electron chi connectivity index (χ3n) is 2.18. The van der Waals surface area contributed by atoms with Crippen molar-refractivity contribution in [3.05, 3.63) is 39.9 Å². The van der Waals surface area contributed by atoms with Crippen LogP contribution in [0.3, 0.4) is 0 Å². The number of benzene rings is 1. The van der Waals surface area contributed by atoms with Crippen molar-refractivity contribution in [3.63, 3.8) is 0 Å². The highest BCUT2D eigenvalue weighted by atomic mass is 16.6. The summed E-state index contributed by atoms with van der Waals surface area (Å²) in [5, 5.41) is 27.8. The molecule has 17 heavy (non-hydrogen) atoms. The summed E-state index contributed by atoms with van der Waals surface area (Å²) in [7, 11) is 0. The fraction of sp³-hybridized carbons (Fsp3) is 0.200. The summed E-state index contributed by atoms with van der Waals surface area (Å²) in [6, 6.07) is 4.79. The summed E-state index contributed by atoms with van der Waals surface area (Å²) in [6.07, 6.45) is -0.562. The number of carbonyl (C=O) groups is 2. The maximum absolute atomic E-state index is 10.9. The highest BCUT2D eigenvalue weighted by molar-refractivity contribution is 5.82. The fourth-order valence-electron chi connectivity index (χ4n) is 1.35. The van der Waals surface area contributed by atoms with Gasteiger partial charge < -0.3 is 10.2 Å². The Hall–Kier alpha value is -2.44. The third-order valence-corrected chi connectivity index (χ3v) is 2.18. The Labute approximate surface area is 95.5 Å². The first-order valence-corrected chi connectivity index (χ1v) is 4.60. The zero-order chi connectivity index (χ0) is 13.0. The SMILES string of the molecule is O=C(O)CC(C(=O)O)c1ccc([N+](=O)[O-])cc1. The van der Waals surface area contributed by atoms with Gasteiger partial charge in [0.15, 0.2) is 0 Å². The molecule has 0 radical (unpaired) electrons. The van der Waals surface area contributed by atoms with Crippen LogP contribution in [0.1, 0.15) is 17.9 Å². The van der Waals surface area contributed by atoms with Crippen LogP contribution in [0.15, 0.2) is 24.3 Å². The molecule has 0 aliphatic heterocycles. The molecule has 1 rings (SSSR count). The van der Waals surface area contributed by atoms with E-state index in [-0.39, 0.29) is 11.3 Å². The second-order valence-corrected chi connectivity index (χ2v) is 3.34. The van der Waals surface area contributed by atoms with Gasteiger partial charge in [-0.3, -0.25) is 19.7 Å². The molecule has 1 aromatic rings. The minimum absolute atomic E-state index is 0.173. The van der Waals surface area contributed by atoms with E-state index < -0.39 is 29.2 Å². The first-order chi connectivity index (χ1) is 7.91. The van der Waals surface area contributed by atoms with E-state index in [2.05, 4.69) is 0 Å². The maximum Gasteiger partial charge on any atom is 0.311 e. The van der Waals surface area contributed by atoms with Crippen molar-refractivity contribution in [2.45, 2.75) is 12.3 Å². The van der Waals surface area contributed by atoms with Crippen LogP contribution in [0.5, 0.6) is 0 Å². The minimum Gasteiger partial charge on any atom is -0.481 e. The predicted molar refractivity (Wildman–Crippen MR) is 55.7 cm³/mol. The van der Waals surface area contributed by atoms with Gasteiger partial charge in [0.05, 0.1) is 17.3 Å². The maximum atomic E-state index is 10.9. The number of carboxylic acids is 2. The molecule has 2 N–H and O–H groups in total. The monoisotopic (exact) mass is 239 g/mol. The fourth-order valence-corrected chi connectivity index (χ4v) is 1.35. The van der Waals surface area contributed by atoms with Crippen LogP contribution in [-0.4, -0.2) is 27.1 Å². The molecule has 0 saturated carbocycles. The van der Waals surface area contributed by atoms with Gasteiger partial charge in [0.25, 0.3) is 5.69 Å². The number of nitrogens with zero attached hydrogens (tertiary/aromatic N) is 1. The number of rotatable bonds is 5. The van der Waals surface area contributed by atoms with E-state index in [1.54, 1.807) is 0 Å². The summed E-state index contributed by atoms with van der Waals surface area (Å²) < 4.78 is 0. The lowest BCUT2D eigenvalue weighted by Gasteiger charge is -2.09. The van der Waals surface area contributed by atoms with E-state index in [1.165, 1.54) is 12.1 Å². The normalized spacial score (nSPS) is 11.8. The molecule has 0 spiro atoms. The molecule has 1 aromatic carbocycles. The Balaban J connectivity index is 2.99. The lowest BCUT2D eigenvalue weighted by atomic mass is 9.96. The van der Waals surface area contributed by atoms with Crippen LogP contribution in [-0.2, 0) is 9.59 Å². The Morgan fingerprint density at radius 3 is 2.12 bits per heavy atom. The van der Waals surface area contributed by atoms with E-state index in [9.17, 15) is 19.7 Å². The van der Waals surface area contributed by atoms with Gasteiger partial charge in [0.1, 0.15) is 0 Å². The first kappa shape index (κ1) is 12.6. The molecule has 0 aliphatic rings. The van der Waals surface area contributed by atoms with Gasteiger partial charge in [0.2, 0.25) is 0 Å². The van der Waals surface area contributed by atoms with E-state index in [0.29, 0.717) is 0 Å². The summed E-state index contributed by atoms with van der Waals surface area (Å²) >= 11 is 0. The van der Waals surface area contributed by atoms with Crippen LogP contribution in [0.2, 0.25) is 0 Å². The molecular formula is C10H9NO6. The number of nitro benzene ring substituents is 1. The predicted octanol–water partition coefficient (Wildman–Crippen LogP) is 1.24. The van der Waals surface area contributed by atoms with E-state index in [0.717, 1.165) is 12.1 Å². The van der Waals surface area contributed by atoms with Gasteiger partial charge >= 0.3 is 11.9 Å². The number of nitro groups is 1. The average Bonchev–Trinajstić information content (AvgIpc) is 2.25. The summed E-state index contributed by atoms with van der Waals surface area (Å²) in [6.45, 7) is 0. The molecule has 1 atom stereocenters. The lowest BCUT2D eigenvalue weighted by Crippen LogP contribution is -2.15. The minimum atomic E-state index is -1.28. The van der Waals surface area contributed by atoms with Gasteiger partial charge in [-0.05, 0) is 5.56 Å². The molecule has 0 heterocycles. The molecule has 0 aromatic heterocycles. The van der Waals surface area contributed by atoms with E-state index in [4.69, 9.17) is 10.2 Å². The number of carboxylic acid groups (broad SMARTS) is 2. The van der Waals surface area contributed by atoms with Crippen LogP contribution >= 0.6 is 0 Å². The molecule has 90 valence electrons. The summed E-state index contributed by atoms with van der Waals surface area (Å²) in [5.41, 5.74) is 0.0544. The van der Waals surface area contributed by atoms with Crippen LogP contribution < -0.4 is 0 Å². The molecule has 0 amide bonds. The summed E-state index contributed by atoms with van der Waals surface area (Å²) in [4.78, 5) is 31.1. The Kier molecular flexibility index (Phi) is 3.76. The zero-order valence-corrected chi connectivity index (χ0v) is 8.57. The Morgan fingerprint density at radius 1 is 1.24 bits per heavy atom. The Bertz CT molecular complexity index is 452. The van der Waals surface area contributed by atoms with Crippen LogP contribution in [0, 0.1) is 10.1 Å². The number of hydrogen-bond donors (Lipinski definition) is 2. The quantitative estimate of drug-likeness (QED) is 0.589. The number of non-ortho nitro benzene ring substituents is 1. The number of hydrogen-bond acceptors (Lipinski definition) is 4. The van der Waals surface area contributed by atoms with Crippen LogP contribution in [0.4, 0.5) is 5.69 Å². The topological polar surface area (TPSA) is 118 Å². The molecule has 0 bridgehead atoms. The van der Waals surface area contributed by atoms with Crippen molar-refractivity contribution >= 4 is 17.6 Å². The largest absolute Gasteiger partial charge is 0.481 e. The van der Waals surface area contributed by atoms with Gasteiger partial charge in [-0.1, -0.05) is 12.1 Å². The molecule has 7 nitrogen and oxygen atoms in total.